The fourth-order valence-corrected chi connectivity index (χ4v) is 2.27. The summed E-state index contributed by atoms with van der Waals surface area (Å²) in [5.41, 5.74) is 7.32. The molecule has 0 bridgehead atoms. The average molecular weight is 275 g/mol. The molecule has 0 atom stereocenters. The lowest BCUT2D eigenvalue weighted by molar-refractivity contribution is 0.521. The van der Waals surface area contributed by atoms with E-state index in [9.17, 15) is 8.42 Å². The Kier molecular flexibility index (Phi) is 4.58. The van der Waals surface area contributed by atoms with E-state index in [1.54, 1.807) is 11.7 Å². The Balaban J connectivity index is 2.68. The molecular formula is C10H21N5O2S. The van der Waals surface area contributed by atoms with Gasteiger partial charge in [-0.2, -0.15) is 5.10 Å². The molecule has 1 aromatic rings. The predicted molar refractivity (Wildman–Crippen MR) is 73.0 cm³/mol. The van der Waals surface area contributed by atoms with Gasteiger partial charge in [-0.15, -0.1) is 0 Å². The highest BCUT2D eigenvalue weighted by molar-refractivity contribution is 7.89. The summed E-state index contributed by atoms with van der Waals surface area (Å²) in [7, 11) is 1.62. The summed E-state index contributed by atoms with van der Waals surface area (Å²) in [4.78, 5) is 0. The number of sulfonamides is 1. The van der Waals surface area contributed by atoms with Crippen molar-refractivity contribution in [1.82, 2.24) is 14.1 Å². The number of nitrogens with one attached hydrogen (secondary N) is 1. The second kappa shape index (κ2) is 5.57. The van der Waals surface area contributed by atoms with Gasteiger partial charge in [0.05, 0.1) is 17.1 Å². The van der Waals surface area contributed by atoms with Gasteiger partial charge in [0.25, 0.3) is 0 Å². The van der Waals surface area contributed by atoms with Crippen LogP contribution in [0.4, 0.5) is 11.5 Å². The summed E-state index contributed by atoms with van der Waals surface area (Å²) in [5.74, 6) is 0.687. The third kappa shape index (κ3) is 3.14. The van der Waals surface area contributed by atoms with Gasteiger partial charge in [0.2, 0.25) is 10.0 Å². The van der Waals surface area contributed by atoms with Crippen LogP contribution in [0, 0.1) is 0 Å². The Morgan fingerprint density at radius 2 is 2.06 bits per heavy atom. The standard InChI is InChI=1S/C10H21N5O2S/c1-5-8-9(11)10(15(4)13-8)12-6-7-18(16,17)14(2)3/h12H,5-7,11H2,1-4H3. The molecule has 0 spiro atoms. The maximum absolute atomic E-state index is 11.6. The number of hydrogen-bond acceptors (Lipinski definition) is 5. The van der Waals surface area contributed by atoms with Gasteiger partial charge in [-0.3, -0.25) is 4.68 Å². The van der Waals surface area contributed by atoms with Crippen LogP contribution in [0.1, 0.15) is 12.6 Å². The SMILES string of the molecule is CCc1nn(C)c(NCCS(=O)(=O)N(C)C)c1N. The molecule has 1 aromatic heterocycles. The van der Waals surface area contributed by atoms with Gasteiger partial charge >= 0.3 is 0 Å². The first-order chi connectivity index (χ1) is 8.29. The van der Waals surface area contributed by atoms with E-state index >= 15 is 0 Å². The monoisotopic (exact) mass is 275 g/mol. The Hall–Kier alpha value is -1.28. The number of nitrogens with two attached hydrogens (primary N) is 1. The molecule has 0 saturated carbocycles. The van der Waals surface area contributed by atoms with Gasteiger partial charge < -0.3 is 11.1 Å². The van der Waals surface area contributed by atoms with E-state index in [-0.39, 0.29) is 5.75 Å². The van der Waals surface area contributed by atoms with Crippen LogP contribution in [-0.2, 0) is 23.5 Å². The molecule has 0 amide bonds. The normalized spacial score (nSPS) is 12.1. The van der Waals surface area contributed by atoms with Crippen LogP contribution in [0.2, 0.25) is 0 Å². The number of hydrogen-bond donors (Lipinski definition) is 2. The summed E-state index contributed by atoms with van der Waals surface area (Å²) >= 11 is 0. The maximum Gasteiger partial charge on any atom is 0.215 e. The van der Waals surface area contributed by atoms with Crippen molar-refractivity contribution in [2.45, 2.75) is 13.3 Å². The van der Waals surface area contributed by atoms with Crippen LogP contribution in [0.3, 0.4) is 0 Å². The van der Waals surface area contributed by atoms with Crippen LogP contribution in [-0.4, -0.2) is 48.9 Å². The second-order valence-corrected chi connectivity index (χ2v) is 6.51. The molecule has 1 heterocycles. The lowest BCUT2D eigenvalue weighted by atomic mass is 10.3. The quantitative estimate of drug-likeness (QED) is 0.754. The van der Waals surface area contributed by atoms with E-state index in [1.165, 1.54) is 18.4 Å². The lowest BCUT2D eigenvalue weighted by Crippen LogP contribution is -2.28. The minimum absolute atomic E-state index is 0.0199. The van der Waals surface area contributed by atoms with E-state index < -0.39 is 10.0 Å². The minimum Gasteiger partial charge on any atom is -0.394 e. The number of aromatic nitrogens is 2. The van der Waals surface area contributed by atoms with Crippen molar-refractivity contribution >= 4 is 21.5 Å². The van der Waals surface area contributed by atoms with Crippen molar-refractivity contribution < 1.29 is 8.42 Å². The molecule has 7 nitrogen and oxygen atoms in total. The highest BCUT2D eigenvalue weighted by Gasteiger charge is 2.15. The fourth-order valence-electron chi connectivity index (χ4n) is 1.55. The molecule has 0 aliphatic heterocycles. The topological polar surface area (TPSA) is 93.2 Å². The van der Waals surface area contributed by atoms with Crippen molar-refractivity contribution in [2.75, 3.05) is 37.4 Å². The molecular weight excluding hydrogens is 254 g/mol. The summed E-state index contributed by atoms with van der Waals surface area (Å²) < 4.78 is 26.0. The summed E-state index contributed by atoms with van der Waals surface area (Å²) in [6.07, 6.45) is 0.747. The van der Waals surface area contributed by atoms with Crippen LogP contribution in [0.25, 0.3) is 0 Å². The van der Waals surface area contributed by atoms with Crippen LogP contribution >= 0.6 is 0 Å². The van der Waals surface area contributed by atoms with Crippen LogP contribution < -0.4 is 11.1 Å². The van der Waals surface area contributed by atoms with Gasteiger partial charge in [0.15, 0.2) is 0 Å². The summed E-state index contributed by atoms with van der Waals surface area (Å²) in [6, 6.07) is 0. The highest BCUT2D eigenvalue weighted by atomic mass is 32.2. The molecule has 0 radical (unpaired) electrons. The summed E-state index contributed by atoms with van der Waals surface area (Å²) in [5, 5.41) is 7.26. The van der Waals surface area contributed by atoms with Crippen molar-refractivity contribution in [3.8, 4) is 0 Å². The third-order valence-corrected chi connectivity index (χ3v) is 4.54. The summed E-state index contributed by atoms with van der Waals surface area (Å²) in [6.45, 7) is 2.27. The number of anilines is 2. The zero-order chi connectivity index (χ0) is 13.9. The number of nitrogen functional groups attached to an aromatic ring is 1. The molecule has 104 valence electrons. The molecule has 0 fully saturated rings. The maximum atomic E-state index is 11.6. The van der Waals surface area contributed by atoms with Crippen molar-refractivity contribution in [2.24, 2.45) is 7.05 Å². The molecule has 0 unspecified atom stereocenters. The second-order valence-electron chi connectivity index (χ2n) is 4.21. The number of nitrogens with zero attached hydrogens (tertiary/aromatic N) is 3. The largest absolute Gasteiger partial charge is 0.394 e. The van der Waals surface area contributed by atoms with Crippen LogP contribution in [0.5, 0.6) is 0 Å². The van der Waals surface area contributed by atoms with E-state index in [2.05, 4.69) is 10.4 Å². The predicted octanol–water partition coefficient (Wildman–Crippen LogP) is -0.132. The van der Waals surface area contributed by atoms with Gasteiger partial charge in [0, 0.05) is 27.7 Å². The Bertz CT molecular complexity index is 507. The van der Waals surface area contributed by atoms with Gasteiger partial charge in [-0.25, -0.2) is 12.7 Å². The first-order valence-corrected chi connectivity index (χ1v) is 7.36. The first-order valence-electron chi connectivity index (χ1n) is 5.75. The molecule has 3 N–H and O–H groups in total. The lowest BCUT2D eigenvalue weighted by Gasteiger charge is -2.12. The minimum atomic E-state index is -3.19. The van der Waals surface area contributed by atoms with Gasteiger partial charge in [-0.05, 0) is 6.42 Å². The van der Waals surface area contributed by atoms with Crippen molar-refractivity contribution in [3.05, 3.63) is 5.69 Å². The average Bonchev–Trinajstić information content (AvgIpc) is 2.55. The Labute approximate surface area is 108 Å². The van der Waals surface area contributed by atoms with E-state index in [0.29, 0.717) is 18.1 Å². The Morgan fingerprint density at radius 1 is 1.44 bits per heavy atom. The zero-order valence-corrected chi connectivity index (χ0v) is 12.1. The van der Waals surface area contributed by atoms with Crippen LogP contribution in [0.15, 0.2) is 0 Å². The molecule has 8 heteroatoms. The smallest absolute Gasteiger partial charge is 0.215 e. The molecule has 1 rings (SSSR count). The molecule has 0 aliphatic rings. The zero-order valence-electron chi connectivity index (χ0n) is 11.3. The van der Waals surface area contributed by atoms with Crippen molar-refractivity contribution in [3.63, 3.8) is 0 Å². The molecule has 0 aromatic carbocycles. The molecule has 18 heavy (non-hydrogen) atoms. The molecule has 0 saturated heterocycles. The van der Waals surface area contributed by atoms with E-state index in [4.69, 9.17) is 5.73 Å². The first kappa shape index (κ1) is 14.8. The fraction of sp³-hybridized carbons (Fsp3) is 0.700. The Morgan fingerprint density at radius 3 is 2.50 bits per heavy atom. The van der Waals surface area contributed by atoms with Crippen molar-refractivity contribution in [1.29, 1.82) is 0 Å². The van der Waals surface area contributed by atoms with Gasteiger partial charge in [-0.1, -0.05) is 6.92 Å². The number of aryl methyl sites for hydroxylation is 2. The van der Waals surface area contributed by atoms with E-state index in [0.717, 1.165) is 12.1 Å². The number of rotatable bonds is 6. The van der Waals surface area contributed by atoms with Gasteiger partial charge in [0.1, 0.15) is 5.82 Å². The molecule has 0 aliphatic carbocycles. The van der Waals surface area contributed by atoms with E-state index in [1.807, 2.05) is 6.92 Å². The highest BCUT2D eigenvalue weighted by Crippen LogP contribution is 2.21. The third-order valence-electron chi connectivity index (χ3n) is 2.70.